The van der Waals surface area contributed by atoms with Crippen LogP contribution in [-0.2, 0) is 0 Å². The van der Waals surface area contributed by atoms with Gasteiger partial charge in [0.1, 0.15) is 17.5 Å². The molecule has 22 heavy (non-hydrogen) atoms. The van der Waals surface area contributed by atoms with E-state index in [1.54, 1.807) is 17.0 Å². The molecule has 0 bridgehead atoms. The number of aliphatic hydroxyl groups excluding tert-OH is 1. The second-order valence-electron chi connectivity index (χ2n) is 5.53. The molecule has 0 spiro atoms. The number of carbonyl (C=O) groups is 1. The zero-order chi connectivity index (χ0) is 15.5. The molecule has 116 valence electrons. The molecule has 0 saturated carbocycles. The third-order valence-electron chi connectivity index (χ3n) is 3.98. The van der Waals surface area contributed by atoms with Crippen LogP contribution >= 0.6 is 11.6 Å². The number of piperidine rings is 1. The van der Waals surface area contributed by atoms with Gasteiger partial charge >= 0.3 is 0 Å². The van der Waals surface area contributed by atoms with E-state index in [9.17, 15) is 9.90 Å². The van der Waals surface area contributed by atoms with Crippen molar-refractivity contribution in [1.29, 1.82) is 0 Å². The summed E-state index contributed by atoms with van der Waals surface area (Å²) in [5, 5.41) is 13.9. The number of nitrogens with zero attached hydrogens (tertiary/aromatic N) is 2. The lowest BCUT2D eigenvalue weighted by molar-refractivity contribution is 0.0620. The van der Waals surface area contributed by atoms with E-state index in [1.165, 1.54) is 6.26 Å². The zero-order valence-corrected chi connectivity index (χ0v) is 12.8. The van der Waals surface area contributed by atoms with E-state index >= 15 is 0 Å². The van der Waals surface area contributed by atoms with Gasteiger partial charge in [-0.2, -0.15) is 0 Å². The Morgan fingerprint density at radius 2 is 2.18 bits per heavy atom. The Hall–Kier alpha value is -1.85. The monoisotopic (exact) mass is 320 g/mol. The molecular weight excluding hydrogens is 304 g/mol. The smallest absolute Gasteiger partial charge is 0.259 e. The minimum atomic E-state index is -0.107. The summed E-state index contributed by atoms with van der Waals surface area (Å²) in [5.74, 6) is 0.0425. The molecule has 1 atom stereocenters. The summed E-state index contributed by atoms with van der Waals surface area (Å²) >= 11 is 5.89. The number of amides is 1. The second-order valence-corrected chi connectivity index (χ2v) is 5.96. The van der Waals surface area contributed by atoms with E-state index in [-0.39, 0.29) is 18.4 Å². The first kappa shape index (κ1) is 15.1. The van der Waals surface area contributed by atoms with Crippen LogP contribution in [0, 0.1) is 5.92 Å². The third-order valence-corrected chi connectivity index (χ3v) is 4.23. The van der Waals surface area contributed by atoms with E-state index < -0.39 is 0 Å². The Balaban J connectivity index is 1.85. The van der Waals surface area contributed by atoms with E-state index in [0.29, 0.717) is 29.4 Å². The fourth-order valence-corrected chi connectivity index (χ4v) is 2.90. The van der Waals surface area contributed by atoms with Gasteiger partial charge < -0.3 is 14.5 Å². The van der Waals surface area contributed by atoms with Crippen LogP contribution in [0.3, 0.4) is 0 Å². The highest BCUT2D eigenvalue weighted by atomic mass is 35.5. The van der Waals surface area contributed by atoms with Gasteiger partial charge in [0.15, 0.2) is 0 Å². The van der Waals surface area contributed by atoms with Crippen molar-refractivity contribution >= 4 is 17.5 Å². The van der Waals surface area contributed by atoms with E-state index in [0.717, 1.165) is 18.4 Å². The zero-order valence-electron chi connectivity index (χ0n) is 12.0. The fourth-order valence-electron chi connectivity index (χ4n) is 2.77. The third kappa shape index (κ3) is 3.00. The predicted octanol–water partition coefficient (Wildman–Crippen LogP) is 2.84. The van der Waals surface area contributed by atoms with Crippen molar-refractivity contribution < 1.29 is 14.4 Å². The van der Waals surface area contributed by atoms with Crippen molar-refractivity contribution in [2.24, 2.45) is 5.92 Å². The van der Waals surface area contributed by atoms with E-state index in [4.69, 9.17) is 16.1 Å². The molecular formula is C16H17ClN2O3. The molecule has 2 heterocycles. The summed E-state index contributed by atoms with van der Waals surface area (Å²) in [5.41, 5.74) is 1.76. The quantitative estimate of drug-likeness (QED) is 0.944. The van der Waals surface area contributed by atoms with Gasteiger partial charge in [0.2, 0.25) is 0 Å². The number of carbonyl (C=O) groups excluding carboxylic acids is 1. The molecule has 1 N–H and O–H groups in total. The molecule has 1 fully saturated rings. The maximum absolute atomic E-state index is 12.7. The number of hydrogen-bond donors (Lipinski definition) is 1. The number of benzene rings is 1. The van der Waals surface area contributed by atoms with Gasteiger partial charge in [-0.05, 0) is 30.9 Å². The molecule has 3 rings (SSSR count). The van der Waals surface area contributed by atoms with Gasteiger partial charge in [-0.15, -0.1) is 0 Å². The number of aromatic nitrogens is 1. The van der Waals surface area contributed by atoms with Crippen molar-refractivity contribution in [2.75, 3.05) is 19.7 Å². The molecule has 1 saturated heterocycles. The Bertz CT molecular complexity index is 654. The number of halogens is 1. The minimum Gasteiger partial charge on any atom is -0.396 e. The van der Waals surface area contributed by atoms with Gasteiger partial charge in [-0.3, -0.25) is 4.79 Å². The first-order valence-electron chi connectivity index (χ1n) is 7.29. The SMILES string of the molecule is O=C(c1conc1-c1ccc(Cl)cc1)N1CCCC(CO)C1. The van der Waals surface area contributed by atoms with Crippen LogP contribution in [-0.4, -0.2) is 40.8 Å². The Morgan fingerprint density at radius 1 is 1.41 bits per heavy atom. The lowest BCUT2D eigenvalue weighted by Gasteiger charge is -2.31. The molecule has 0 radical (unpaired) electrons. The van der Waals surface area contributed by atoms with Crippen molar-refractivity contribution in [1.82, 2.24) is 10.1 Å². The van der Waals surface area contributed by atoms with Crippen LogP contribution < -0.4 is 0 Å². The highest BCUT2D eigenvalue weighted by Gasteiger charge is 2.27. The lowest BCUT2D eigenvalue weighted by atomic mass is 9.98. The first-order chi connectivity index (χ1) is 10.7. The van der Waals surface area contributed by atoms with Gasteiger partial charge in [0.25, 0.3) is 5.91 Å². The van der Waals surface area contributed by atoms with Crippen LogP contribution in [0.5, 0.6) is 0 Å². The first-order valence-corrected chi connectivity index (χ1v) is 7.67. The van der Waals surface area contributed by atoms with Crippen LogP contribution in [0.1, 0.15) is 23.2 Å². The molecule has 0 aliphatic carbocycles. The van der Waals surface area contributed by atoms with E-state index in [2.05, 4.69) is 5.16 Å². The van der Waals surface area contributed by atoms with Gasteiger partial charge in [-0.25, -0.2) is 0 Å². The Labute approximate surface area is 133 Å². The van der Waals surface area contributed by atoms with Crippen LogP contribution in [0.2, 0.25) is 5.02 Å². The normalized spacial score (nSPS) is 18.5. The average molecular weight is 321 g/mol. The van der Waals surface area contributed by atoms with Crippen LogP contribution in [0.4, 0.5) is 0 Å². The summed E-state index contributed by atoms with van der Waals surface area (Å²) < 4.78 is 5.02. The van der Waals surface area contributed by atoms with Crippen LogP contribution in [0.25, 0.3) is 11.3 Å². The highest BCUT2D eigenvalue weighted by molar-refractivity contribution is 6.30. The maximum atomic E-state index is 12.7. The van der Waals surface area contributed by atoms with Crippen molar-refractivity contribution in [3.8, 4) is 11.3 Å². The van der Waals surface area contributed by atoms with Gasteiger partial charge in [0, 0.05) is 30.3 Å². The topological polar surface area (TPSA) is 66.6 Å². The highest BCUT2D eigenvalue weighted by Crippen LogP contribution is 2.26. The largest absolute Gasteiger partial charge is 0.396 e. The molecule has 2 aromatic rings. The molecule has 1 unspecified atom stereocenters. The Kier molecular flexibility index (Phi) is 4.45. The lowest BCUT2D eigenvalue weighted by Crippen LogP contribution is -2.41. The Morgan fingerprint density at radius 3 is 2.91 bits per heavy atom. The summed E-state index contributed by atoms with van der Waals surface area (Å²) in [6, 6.07) is 7.12. The van der Waals surface area contributed by atoms with E-state index in [1.807, 2.05) is 12.1 Å². The molecule has 5 nitrogen and oxygen atoms in total. The molecule has 1 aromatic carbocycles. The fraction of sp³-hybridized carbons (Fsp3) is 0.375. The number of hydrogen-bond acceptors (Lipinski definition) is 4. The minimum absolute atomic E-state index is 0.107. The van der Waals surface area contributed by atoms with Gasteiger partial charge in [0.05, 0.1) is 0 Å². The van der Waals surface area contributed by atoms with Crippen molar-refractivity contribution in [3.63, 3.8) is 0 Å². The number of aliphatic hydroxyl groups is 1. The molecule has 6 heteroatoms. The summed E-state index contributed by atoms with van der Waals surface area (Å²) in [7, 11) is 0. The maximum Gasteiger partial charge on any atom is 0.259 e. The van der Waals surface area contributed by atoms with Crippen molar-refractivity contribution in [2.45, 2.75) is 12.8 Å². The molecule has 1 amide bonds. The molecule has 1 aromatic heterocycles. The number of rotatable bonds is 3. The predicted molar refractivity (Wildman–Crippen MR) is 82.7 cm³/mol. The second kappa shape index (κ2) is 6.50. The summed E-state index contributed by atoms with van der Waals surface area (Å²) in [6.45, 7) is 1.37. The average Bonchev–Trinajstić information content (AvgIpc) is 3.04. The summed E-state index contributed by atoms with van der Waals surface area (Å²) in [4.78, 5) is 14.5. The standard InChI is InChI=1S/C16H17ClN2O3/c17-13-5-3-12(4-6-13)15-14(10-22-18-15)16(21)19-7-1-2-11(8-19)9-20/h3-6,10-11,20H,1-2,7-9H2. The van der Waals surface area contributed by atoms with Gasteiger partial charge in [-0.1, -0.05) is 28.9 Å². The van der Waals surface area contributed by atoms with Crippen LogP contribution in [0.15, 0.2) is 35.1 Å². The number of likely N-dealkylation sites (tertiary alicyclic amines) is 1. The summed E-state index contributed by atoms with van der Waals surface area (Å²) in [6.07, 6.45) is 3.24. The molecule has 1 aliphatic heterocycles. The van der Waals surface area contributed by atoms with Crippen molar-refractivity contribution in [3.05, 3.63) is 41.1 Å². The molecule has 1 aliphatic rings.